The topological polar surface area (TPSA) is 25.2 Å². The molecule has 1 aromatic heterocycles. The summed E-state index contributed by atoms with van der Waals surface area (Å²) < 4.78 is 32.4. The number of anilines is 1. The van der Waals surface area contributed by atoms with Crippen LogP contribution in [0.5, 0.6) is 0 Å². The van der Waals surface area contributed by atoms with Gasteiger partial charge in [-0.1, -0.05) is 15.9 Å². The van der Waals surface area contributed by atoms with Gasteiger partial charge >= 0.3 is 0 Å². The molecule has 0 bridgehead atoms. The molecule has 17 heavy (non-hydrogen) atoms. The number of benzene rings is 1. The van der Waals surface area contributed by atoms with Gasteiger partial charge in [0.05, 0.1) is 18.6 Å². The summed E-state index contributed by atoms with van der Waals surface area (Å²) in [5.74, 6) is -1.26. The summed E-state index contributed by atoms with van der Waals surface area (Å²) in [5.41, 5.74) is 0.689. The van der Waals surface area contributed by atoms with Gasteiger partial charge in [0.2, 0.25) is 0 Å². The van der Waals surface area contributed by atoms with E-state index in [4.69, 9.17) is 4.42 Å². The summed E-state index contributed by atoms with van der Waals surface area (Å²) in [6, 6.07) is 3.94. The van der Waals surface area contributed by atoms with Crippen LogP contribution in [0.3, 0.4) is 0 Å². The molecule has 2 rings (SSSR count). The highest BCUT2D eigenvalue weighted by atomic mass is 79.9. The summed E-state index contributed by atoms with van der Waals surface area (Å²) in [6.45, 7) is 1.80. The average molecular weight is 302 g/mol. The van der Waals surface area contributed by atoms with Crippen molar-refractivity contribution < 1.29 is 13.2 Å². The van der Waals surface area contributed by atoms with Gasteiger partial charge in [0.25, 0.3) is 0 Å². The van der Waals surface area contributed by atoms with E-state index in [0.717, 1.165) is 5.56 Å². The lowest BCUT2D eigenvalue weighted by Crippen LogP contribution is -2.08. The standard InChI is InChI=1S/C12H10BrF2NO/c1-7(8-2-3-17-6-8)16-12-10(14)4-9(13)5-11(12)15/h2-7,16H,1H3. The van der Waals surface area contributed by atoms with E-state index >= 15 is 0 Å². The fourth-order valence-corrected chi connectivity index (χ4v) is 1.90. The van der Waals surface area contributed by atoms with Gasteiger partial charge in [-0.25, -0.2) is 8.78 Å². The first-order chi connectivity index (χ1) is 8.08. The van der Waals surface area contributed by atoms with Crippen LogP contribution >= 0.6 is 15.9 Å². The fourth-order valence-electron chi connectivity index (χ4n) is 1.50. The second-order valence-corrected chi connectivity index (χ2v) is 4.58. The number of halogens is 3. The minimum atomic E-state index is -0.632. The van der Waals surface area contributed by atoms with Crippen LogP contribution in [0.25, 0.3) is 0 Å². The van der Waals surface area contributed by atoms with Crippen LogP contribution in [-0.2, 0) is 0 Å². The minimum Gasteiger partial charge on any atom is -0.472 e. The first-order valence-corrected chi connectivity index (χ1v) is 5.80. The molecule has 1 atom stereocenters. The lowest BCUT2D eigenvalue weighted by atomic mass is 10.1. The van der Waals surface area contributed by atoms with Crippen molar-refractivity contribution in [2.24, 2.45) is 0 Å². The number of rotatable bonds is 3. The van der Waals surface area contributed by atoms with E-state index in [2.05, 4.69) is 21.2 Å². The van der Waals surface area contributed by atoms with Gasteiger partial charge in [0.15, 0.2) is 0 Å². The first-order valence-electron chi connectivity index (χ1n) is 5.01. The summed E-state index contributed by atoms with van der Waals surface area (Å²) in [7, 11) is 0. The number of hydrogen-bond donors (Lipinski definition) is 1. The normalized spacial score (nSPS) is 12.5. The molecule has 90 valence electrons. The zero-order chi connectivity index (χ0) is 12.4. The Bertz CT molecular complexity index is 490. The van der Waals surface area contributed by atoms with E-state index in [0.29, 0.717) is 4.47 Å². The van der Waals surface area contributed by atoms with E-state index < -0.39 is 11.6 Å². The van der Waals surface area contributed by atoms with Crippen molar-refractivity contribution in [3.8, 4) is 0 Å². The molecule has 0 saturated carbocycles. The Morgan fingerprint density at radius 2 is 1.94 bits per heavy atom. The molecule has 0 saturated heterocycles. The summed E-state index contributed by atoms with van der Waals surface area (Å²) in [5, 5.41) is 2.78. The van der Waals surface area contributed by atoms with E-state index in [-0.39, 0.29) is 11.7 Å². The molecule has 5 heteroatoms. The highest BCUT2D eigenvalue weighted by Gasteiger charge is 2.14. The van der Waals surface area contributed by atoms with Gasteiger partial charge in [-0.15, -0.1) is 0 Å². The zero-order valence-electron chi connectivity index (χ0n) is 9.01. The quantitative estimate of drug-likeness (QED) is 0.903. The molecule has 0 aliphatic rings. The Labute approximate surface area is 106 Å². The predicted octanol–water partition coefficient (Wildman–Crippen LogP) is 4.49. The van der Waals surface area contributed by atoms with Crippen LogP contribution in [0.2, 0.25) is 0 Å². The smallest absolute Gasteiger partial charge is 0.150 e. The largest absolute Gasteiger partial charge is 0.472 e. The van der Waals surface area contributed by atoms with E-state index in [9.17, 15) is 8.78 Å². The van der Waals surface area contributed by atoms with Crippen molar-refractivity contribution in [3.63, 3.8) is 0 Å². The van der Waals surface area contributed by atoms with Crippen molar-refractivity contribution in [1.29, 1.82) is 0 Å². The van der Waals surface area contributed by atoms with Crippen LogP contribution in [0.4, 0.5) is 14.5 Å². The van der Waals surface area contributed by atoms with Crippen molar-refractivity contribution >= 4 is 21.6 Å². The molecule has 0 aliphatic heterocycles. The highest BCUT2D eigenvalue weighted by molar-refractivity contribution is 9.10. The van der Waals surface area contributed by atoms with E-state index in [1.807, 2.05) is 0 Å². The molecule has 1 aromatic carbocycles. The number of hydrogen-bond acceptors (Lipinski definition) is 2. The van der Waals surface area contributed by atoms with Crippen LogP contribution in [-0.4, -0.2) is 0 Å². The molecule has 0 spiro atoms. The van der Waals surface area contributed by atoms with Gasteiger partial charge in [0, 0.05) is 10.0 Å². The Morgan fingerprint density at radius 3 is 2.47 bits per heavy atom. The third kappa shape index (κ3) is 2.66. The van der Waals surface area contributed by atoms with E-state index in [1.54, 1.807) is 13.0 Å². The third-order valence-corrected chi connectivity index (χ3v) is 2.87. The van der Waals surface area contributed by atoms with Crippen molar-refractivity contribution in [3.05, 3.63) is 52.4 Å². The Kier molecular flexibility index (Phi) is 3.47. The molecule has 0 aliphatic carbocycles. The molecule has 0 radical (unpaired) electrons. The molecule has 1 heterocycles. The number of furan rings is 1. The van der Waals surface area contributed by atoms with Gasteiger partial charge in [-0.2, -0.15) is 0 Å². The minimum absolute atomic E-state index is 0.137. The van der Waals surface area contributed by atoms with Crippen molar-refractivity contribution in [2.45, 2.75) is 13.0 Å². The van der Waals surface area contributed by atoms with Gasteiger partial charge < -0.3 is 9.73 Å². The van der Waals surface area contributed by atoms with Crippen LogP contribution in [0, 0.1) is 11.6 Å². The molecule has 2 nitrogen and oxygen atoms in total. The average Bonchev–Trinajstić information content (AvgIpc) is 2.76. The summed E-state index contributed by atoms with van der Waals surface area (Å²) >= 11 is 3.03. The SMILES string of the molecule is CC(Nc1c(F)cc(Br)cc1F)c1ccoc1. The maximum atomic E-state index is 13.6. The molecule has 2 aromatic rings. The second-order valence-electron chi connectivity index (χ2n) is 3.67. The predicted molar refractivity (Wildman–Crippen MR) is 64.8 cm³/mol. The van der Waals surface area contributed by atoms with Crippen LogP contribution < -0.4 is 5.32 Å². The van der Waals surface area contributed by atoms with Gasteiger partial charge in [-0.05, 0) is 25.1 Å². The molecular weight excluding hydrogens is 292 g/mol. The summed E-state index contributed by atoms with van der Waals surface area (Å²) in [4.78, 5) is 0. The Morgan fingerprint density at radius 1 is 1.29 bits per heavy atom. The maximum absolute atomic E-state index is 13.6. The maximum Gasteiger partial charge on any atom is 0.150 e. The first kappa shape index (κ1) is 12.1. The zero-order valence-corrected chi connectivity index (χ0v) is 10.6. The molecule has 1 unspecified atom stereocenters. The van der Waals surface area contributed by atoms with Crippen LogP contribution in [0.1, 0.15) is 18.5 Å². The lowest BCUT2D eigenvalue weighted by molar-refractivity contribution is 0.560. The number of nitrogens with one attached hydrogen (secondary N) is 1. The fraction of sp³-hybridized carbons (Fsp3) is 0.167. The van der Waals surface area contributed by atoms with Crippen molar-refractivity contribution in [1.82, 2.24) is 0 Å². The molecular formula is C12H10BrF2NO. The molecule has 1 N–H and O–H groups in total. The van der Waals surface area contributed by atoms with E-state index in [1.165, 1.54) is 24.7 Å². The highest BCUT2D eigenvalue weighted by Crippen LogP contribution is 2.27. The second kappa shape index (κ2) is 4.87. The van der Waals surface area contributed by atoms with Crippen LogP contribution in [0.15, 0.2) is 39.6 Å². The Balaban J connectivity index is 2.25. The monoisotopic (exact) mass is 301 g/mol. The molecule has 0 fully saturated rings. The lowest BCUT2D eigenvalue weighted by Gasteiger charge is -2.15. The van der Waals surface area contributed by atoms with Crippen molar-refractivity contribution in [2.75, 3.05) is 5.32 Å². The summed E-state index contributed by atoms with van der Waals surface area (Å²) in [6.07, 6.45) is 3.05. The molecule has 0 amide bonds. The van der Waals surface area contributed by atoms with Gasteiger partial charge in [0.1, 0.15) is 17.3 Å². The third-order valence-electron chi connectivity index (χ3n) is 2.41. The Hall–Kier alpha value is -1.36. The van der Waals surface area contributed by atoms with Gasteiger partial charge in [-0.3, -0.25) is 0 Å².